The van der Waals surface area contributed by atoms with Gasteiger partial charge in [-0.3, -0.25) is 4.99 Å². The summed E-state index contributed by atoms with van der Waals surface area (Å²) in [5.74, 6) is 2.50. The summed E-state index contributed by atoms with van der Waals surface area (Å²) in [6, 6.07) is -0.0903. The predicted molar refractivity (Wildman–Crippen MR) is 117 cm³/mol. The molecule has 0 aromatic carbocycles. The van der Waals surface area contributed by atoms with E-state index < -0.39 is 0 Å². The molecule has 3 rings (SSSR count). The van der Waals surface area contributed by atoms with Gasteiger partial charge in [-0.15, -0.1) is 21.5 Å². The first-order valence-corrected chi connectivity index (χ1v) is 11.4. The van der Waals surface area contributed by atoms with Gasteiger partial charge in [0.25, 0.3) is 0 Å². The molecule has 10 heteroatoms. The lowest BCUT2D eigenvalue weighted by Gasteiger charge is -2.16. The maximum Gasteiger partial charge on any atom is 0.350 e. The Morgan fingerprint density at radius 2 is 2.17 bits per heavy atom. The van der Waals surface area contributed by atoms with Gasteiger partial charge in [-0.05, 0) is 33.6 Å². The summed E-state index contributed by atoms with van der Waals surface area (Å²) in [5, 5.41) is 16.2. The molecule has 1 unspecified atom stereocenters. The van der Waals surface area contributed by atoms with Gasteiger partial charge in [0.05, 0.1) is 18.3 Å². The number of hydrogen-bond donors (Lipinski definition) is 2. The van der Waals surface area contributed by atoms with Gasteiger partial charge in [0.1, 0.15) is 21.5 Å². The zero-order valence-electron chi connectivity index (χ0n) is 18.2. The molecule has 0 fully saturated rings. The van der Waals surface area contributed by atoms with Crippen LogP contribution in [0, 0.1) is 6.92 Å². The molecule has 2 aromatic heterocycles. The quantitative estimate of drug-likeness (QED) is 0.392. The molecule has 0 spiro atoms. The van der Waals surface area contributed by atoms with Crippen LogP contribution in [0.2, 0.25) is 0 Å². The van der Waals surface area contributed by atoms with Crippen molar-refractivity contribution in [1.82, 2.24) is 30.4 Å². The minimum atomic E-state index is -0.319. The lowest BCUT2D eigenvalue weighted by Crippen LogP contribution is -2.39. The van der Waals surface area contributed by atoms with E-state index in [9.17, 15) is 4.79 Å². The highest BCUT2D eigenvalue weighted by atomic mass is 32.1. The number of ether oxygens (including phenoxy) is 1. The lowest BCUT2D eigenvalue weighted by atomic mass is 10.2. The summed E-state index contributed by atoms with van der Waals surface area (Å²) in [6.07, 6.45) is 5.43. The third-order valence-electron chi connectivity index (χ3n) is 5.05. The molecule has 1 aliphatic rings. The van der Waals surface area contributed by atoms with Crippen molar-refractivity contribution in [3.05, 3.63) is 27.2 Å². The van der Waals surface area contributed by atoms with Gasteiger partial charge in [-0.25, -0.2) is 9.78 Å². The summed E-state index contributed by atoms with van der Waals surface area (Å²) >= 11 is 1.35. The van der Waals surface area contributed by atoms with Gasteiger partial charge in [-0.2, -0.15) is 0 Å². The summed E-state index contributed by atoms with van der Waals surface area (Å²) in [5.41, 5.74) is 0.692. The van der Waals surface area contributed by atoms with Crippen molar-refractivity contribution in [3.63, 3.8) is 0 Å². The van der Waals surface area contributed by atoms with Crippen LogP contribution in [0.1, 0.15) is 71.2 Å². The Bertz CT molecular complexity index is 890. The summed E-state index contributed by atoms with van der Waals surface area (Å²) < 4.78 is 7.37. The summed E-state index contributed by atoms with van der Waals surface area (Å²) in [7, 11) is 1.74. The smallest absolute Gasteiger partial charge is 0.350 e. The van der Waals surface area contributed by atoms with E-state index in [1.807, 2.05) is 13.8 Å². The minimum Gasteiger partial charge on any atom is -0.462 e. The number of fused-ring (bicyclic) bond motifs is 1. The van der Waals surface area contributed by atoms with Gasteiger partial charge >= 0.3 is 5.97 Å². The average molecular weight is 434 g/mol. The van der Waals surface area contributed by atoms with Crippen LogP contribution in [0.4, 0.5) is 0 Å². The van der Waals surface area contributed by atoms with E-state index in [0.29, 0.717) is 29.7 Å². The van der Waals surface area contributed by atoms with Crippen molar-refractivity contribution < 1.29 is 9.53 Å². The van der Waals surface area contributed by atoms with Crippen molar-refractivity contribution in [3.8, 4) is 0 Å². The molecule has 0 radical (unpaired) electrons. The molecular weight excluding hydrogens is 402 g/mol. The van der Waals surface area contributed by atoms with Gasteiger partial charge in [0, 0.05) is 33.0 Å². The molecule has 0 amide bonds. The molecule has 30 heavy (non-hydrogen) atoms. The van der Waals surface area contributed by atoms with Crippen LogP contribution in [0.15, 0.2) is 4.99 Å². The van der Waals surface area contributed by atoms with Gasteiger partial charge in [-0.1, -0.05) is 6.42 Å². The van der Waals surface area contributed by atoms with E-state index in [0.717, 1.165) is 36.0 Å². The van der Waals surface area contributed by atoms with Gasteiger partial charge < -0.3 is 19.9 Å². The van der Waals surface area contributed by atoms with Crippen LogP contribution in [0.3, 0.4) is 0 Å². The predicted octanol–water partition coefficient (Wildman–Crippen LogP) is 2.41. The maximum atomic E-state index is 12.0. The van der Waals surface area contributed by atoms with Crippen molar-refractivity contribution in [1.29, 1.82) is 0 Å². The van der Waals surface area contributed by atoms with Crippen molar-refractivity contribution in [2.24, 2.45) is 4.99 Å². The molecule has 0 bridgehead atoms. The molecule has 0 saturated carbocycles. The minimum absolute atomic E-state index is 0.0903. The van der Waals surface area contributed by atoms with Gasteiger partial charge in [0.2, 0.25) is 0 Å². The van der Waals surface area contributed by atoms with Crippen LogP contribution in [-0.2, 0) is 24.1 Å². The SMILES string of the molecule is CCOC(=O)c1sc(C(C)NC(=NC)NCCc2nnc3n2CCCCC3)nc1C. The molecule has 3 heterocycles. The number of carbonyl (C=O) groups excluding carboxylic acids is 1. The topological polar surface area (TPSA) is 106 Å². The highest BCUT2D eigenvalue weighted by Gasteiger charge is 2.20. The molecular formula is C20H31N7O2S. The fourth-order valence-electron chi connectivity index (χ4n) is 3.47. The second kappa shape index (κ2) is 10.5. The number of aryl methyl sites for hydroxylation is 2. The fraction of sp³-hybridized carbons (Fsp3) is 0.650. The molecule has 0 aliphatic carbocycles. The zero-order valence-corrected chi connectivity index (χ0v) is 19.0. The Morgan fingerprint density at radius 3 is 2.93 bits per heavy atom. The second-order valence-corrected chi connectivity index (χ2v) is 8.33. The fourth-order valence-corrected chi connectivity index (χ4v) is 4.44. The standard InChI is InChI=1S/C20H31N7O2S/c1-5-29-19(28)17-13(2)23-18(30-17)14(3)24-20(21-4)22-11-10-16-26-25-15-9-7-6-8-12-27(15)16/h14H,5-12H2,1-4H3,(H2,21,22,24). The van der Waals surface area contributed by atoms with Crippen LogP contribution < -0.4 is 10.6 Å². The zero-order chi connectivity index (χ0) is 21.5. The molecule has 1 atom stereocenters. The van der Waals surface area contributed by atoms with E-state index >= 15 is 0 Å². The molecule has 1 aliphatic heterocycles. The number of rotatable bonds is 7. The average Bonchev–Trinajstić information content (AvgIpc) is 3.22. The maximum absolute atomic E-state index is 12.0. The first-order valence-electron chi connectivity index (χ1n) is 10.6. The Kier molecular flexibility index (Phi) is 7.78. The number of nitrogens with one attached hydrogen (secondary N) is 2. The number of esters is 1. The lowest BCUT2D eigenvalue weighted by molar-refractivity contribution is 0.0531. The van der Waals surface area contributed by atoms with Crippen LogP contribution in [0.25, 0.3) is 0 Å². The largest absolute Gasteiger partial charge is 0.462 e. The van der Waals surface area contributed by atoms with Crippen LogP contribution in [0.5, 0.6) is 0 Å². The first kappa shape index (κ1) is 22.2. The third kappa shape index (κ3) is 5.35. The summed E-state index contributed by atoms with van der Waals surface area (Å²) in [4.78, 5) is 21.4. The summed E-state index contributed by atoms with van der Waals surface area (Å²) in [6.45, 7) is 7.69. The van der Waals surface area contributed by atoms with Gasteiger partial charge in [0.15, 0.2) is 5.96 Å². The Balaban J connectivity index is 1.54. The molecule has 9 nitrogen and oxygen atoms in total. The number of nitrogens with zero attached hydrogens (tertiary/aromatic N) is 5. The number of hydrogen-bond acceptors (Lipinski definition) is 7. The van der Waals surface area contributed by atoms with E-state index in [1.165, 1.54) is 30.6 Å². The number of aromatic nitrogens is 4. The number of aliphatic imine (C=N–C) groups is 1. The van der Waals surface area contributed by atoms with Crippen molar-refractivity contribution in [2.45, 2.75) is 65.5 Å². The first-order chi connectivity index (χ1) is 14.5. The van der Waals surface area contributed by atoms with Crippen molar-refractivity contribution in [2.75, 3.05) is 20.2 Å². The van der Waals surface area contributed by atoms with E-state index in [1.54, 1.807) is 14.0 Å². The number of thiazole rings is 1. The van der Waals surface area contributed by atoms with E-state index in [2.05, 4.69) is 35.4 Å². The highest BCUT2D eigenvalue weighted by molar-refractivity contribution is 7.13. The van der Waals surface area contributed by atoms with Crippen LogP contribution >= 0.6 is 11.3 Å². The van der Waals surface area contributed by atoms with E-state index in [-0.39, 0.29) is 12.0 Å². The Hall–Kier alpha value is -2.49. The number of carbonyl (C=O) groups is 1. The third-order valence-corrected chi connectivity index (χ3v) is 6.37. The normalized spacial score (nSPS) is 15.3. The molecule has 2 N–H and O–H groups in total. The molecule has 2 aromatic rings. The molecule has 0 saturated heterocycles. The van der Waals surface area contributed by atoms with Crippen molar-refractivity contribution >= 4 is 23.3 Å². The molecule has 164 valence electrons. The Morgan fingerprint density at radius 1 is 1.33 bits per heavy atom. The Labute approximate surface area is 181 Å². The monoisotopic (exact) mass is 433 g/mol. The number of guanidine groups is 1. The van der Waals surface area contributed by atoms with E-state index in [4.69, 9.17) is 4.74 Å². The van der Waals surface area contributed by atoms with Crippen LogP contribution in [-0.4, -0.2) is 51.9 Å². The second-order valence-electron chi connectivity index (χ2n) is 7.30. The highest BCUT2D eigenvalue weighted by Crippen LogP contribution is 2.24.